The van der Waals surface area contributed by atoms with Crippen molar-refractivity contribution in [1.82, 2.24) is 25.9 Å². The Hall–Kier alpha value is -2.61. The Balaban J connectivity index is 1.74. The third-order valence-electron chi connectivity index (χ3n) is 4.60. The molecule has 8 heteroatoms. The van der Waals surface area contributed by atoms with E-state index in [1.807, 2.05) is 35.9 Å². The number of benzene rings is 1. The fourth-order valence-corrected chi connectivity index (χ4v) is 3.14. The van der Waals surface area contributed by atoms with E-state index >= 15 is 0 Å². The molecule has 0 aliphatic rings. The van der Waals surface area contributed by atoms with Crippen molar-refractivity contribution in [3.05, 3.63) is 46.8 Å². The molecule has 0 bridgehead atoms. The molecule has 0 saturated heterocycles. The number of nitrogens with zero attached hydrogens (tertiary/aromatic N) is 2. The van der Waals surface area contributed by atoms with Gasteiger partial charge in [0.05, 0.1) is 12.8 Å². The number of carbonyl (C=O) groups is 1. The van der Waals surface area contributed by atoms with E-state index in [0.29, 0.717) is 30.4 Å². The maximum atomic E-state index is 12.2. The first-order valence-corrected chi connectivity index (χ1v) is 10.2. The number of thiocarbonyl (C=S) groups is 1. The lowest BCUT2D eigenvalue weighted by Gasteiger charge is -2.12. The summed E-state index contributed by atoms with van der Waals surface area (Å²) < 4.78 is 7.17. The number of ether oxygens (including phenoxy) is 1. The van der Waals surface area contributed by atoms with Gasteiger partial charge in [0.1, 0.15) is 5.75 Å². The molecule has 2 aromatic rings. The zero-order valence-electron chi connectivity index (χ0n) is 17.8. The molecule has 0 spiro atoms. The molecule has 0 aliphatic heterocycles. The van der Waals surface area contributed by atoms with Crippen molar-refractivity contribution in [3.63, 3.8) is 0 Å². The van der Waals surface area contributed by atoms with Crippen LogP contribution in [0.1, 0.15) is 42.8 Å². The average Bonchev–Trinajstić information content (AvgIpc) is 2.95. The van der Waals surface area contributed by atoms with E-state index in [2.05, 4.69) is 42.0 Å². The van der Waals surface area contributed by atoms with Crippen molar-refractivity contribution in [2.24, 2.45) is 5.92 Å². The minimum atomic E-state index is -0.117. The van der Waals surface area contributed by atoms with Crippen LogP contribution in [-0.2, 0) is 24.3 Å². The van der Waals surface area contributed by atoms with Gasteiger partial charge in [0, 0.05) is 25.2 Å². The monoisotopic (exact) mass is 417 g/mol. The molecule has 7 nitrogen and oxygen atoms in total. The van der Waals surface area contributed by atoms with Crippen LogP contribution < -0.4 is 20.9 Å². The van der Waals surface area contributed by atoms with Gasteiger partial charge in [0.15, 0.2) is 5.11 Å². The quantitative estimate of drug-likeness (QED) is 0.453. The zero-order chi connectivity index (χ0) is 21.4. The van der Waals surface area contributed by atoms with Gasteiger partial charge in [0.2, 0.25) is 5.91 Å². The first-order chi connectivity index (χ1) is 13.8. The number of hydrazine groups is 1. The third kappa shape index (κ3) is 7.05. The predicted molar refractivity (Wildman–Crippen MR) is 119 cm³/mol. The molecule has 3 N–H and O–H groups in total. The van der Waals surface area contributed by atoms with Gasteiger partial charge < -0.3 is 10.1 Å². The smallest absolute Gasteiger partial charge is 0.238 e. The number of aromatic nitrogens is 2. The predicted octanol–water partition coefficient (Wildman–Crippen LogP) is 2.79. The highest BCUT2D eigenvalue weighted by molar-refractivity contribution is 7.80. The SMILES string of the molecule is COc1ccc(CNC(=S)NNC(=O)CCc2c(C)nn(CC(C)C)c2C)cc1. The summed E-state index contributed by atoms with van der Waals surface area (Å²) in [6.07, 6.45) is 1.01. The van der Waals surface area contributed by atoms with Gasteiger partial charge in [-0.05, 0) is 61.7 Å². The lowest BCUT2D eigenvalue weighted by Crippen LogP contribution is -2.46. The first-order valence-electron chi connectivity index (χ1n) is 9.78. The summed E-state index contributed by atoms with van der Waals surface area (Å²) in [6, 6.07) is 7.69. The molecule has 1 amide bonds. The highest BCUT2D eigenvalue weighted by atomic mass is 32.1. The van der Waals surface area contributed by atoms with E-state index in [1.165, 1.54) is 0 Å². The molecular weight excluding hydrogens is 386 g/mol. The molecular formula is C21H31N5O2S. The number of nitrogens with one attached hydrogen (secondary N) is 3. The van der Waals surface area contributed by atoms with Crippen LogP contribution in [0.2, 0.25) is 0 Å². The van der Waals surface area contributed by atoms with Crippen molar-refractivity contribution >= 4 is 23.2 Å². The molecule has 1 aromatic heterocycles. The van der Waals surface area contributed by atoms with Gasteiger partial charge in [-0.15, -0.1) is 0 Å². The van der Waals surface area contributed by atoms with Crippen LogP contribution in [-0.4, -0.2) is 27.9 Å². The van der Waals surface area contributed by atoms with E-state index in [9.17, 15) is 4.79 Å². The average molecular weight is 418 g/mol. The molecule has 2 rings (SSSR count). The normalized spacial score (nSPS) is 10.7. The van der Waals surface area contributed by atoms with E-state index in [1.54, 1.807) is 7.11 Å². The molecule has 0 unspecified atom stereocenters. The van der Waals surface area contributed by atoms with Crippen LogP contribution in [0.5, 0.6) is 5.75 Å². The lowest BCUT2D eigenvalue weighted by atomic mass is 10.1. The number of hydrogen-bond donors (Lipinski definition) is 3. The lowest BCUT2D eigenvalue weighted by molar-refractivity contribution is -0.121. The standard InChI is InChI=1S/C21H31N5O2S/c1-14(2)13-26-16(4)19(15(3)25-26)10-11-20(27)23-24-21(29)22-12-17-6-8-18(28-5)9-7-17/h6-9,14H,10-13H2,1-5H3,(H,23,27)(H2,22,24,29). The summed E-state index contributed by atoms with van der Waals surface area (Å²) in [5.74, 6) is 1.22. The Bertz CT molecular complexity index is 830. The summed E-state index contributed by atoms with van der Waals surface area (Å²) >= 11 is 5.21. The van der Waals surface area contributed by atoms with E-state index < -0.39 is 0 Å². The van der Waals surface area contributed by atoms with Gasteiger partial charge in [-0.3, -0.25) is 20.3 Å². The molecule has 0 radical (unpaired) electrons. The second-order valence-corrected chi connectivity index (χ2v) is 7.84. The minimum absolute atomic E-state index is 0.117. The molecule has 0 atom stereocenters. The van der Waals surface area contributed by atoms with E-state index in [-0.39, 0.29) is 5.91 Å². The van der Waals surface area contributed by atoms with Gasteiger partial charge in [-0.1, -0.05) is 26.0 Å². The largest absolute Gasteiger partial charge is 0.497 e. The van der Waals surface area contributed by atoms with Crippen molar-refractivity contribution in [3.8, 4) is 5.75 Å². The molecule has 1 aromatic carbocycles. The number of hydrogen-bond acceptors (Lipinski definition) is 4. The topological polar surface area (TPSA) is 80.2 Å². The maximum absolute atomic E-state index is 12.2. The Labute approximate surface area is 178 Å². The second-order valence-electron chi connectivity index (χ2n) is 7.43. The van der Waals surface area contributed by atoms with E-state index in [4.69, 9.17) is 17.0 Å². The number of aryl methyl sites for hydroxylation is 1. The highest BCUT2D eigenvalue weighted by Gasteiger charge is 2.14. The molecule has 29 heavy (non-hydrogen) atoms. The molecule has 158 valence electrons. The Morgan fingerprint density at radius 2 is 1.90 bits per heavy atom. The summed E-state index contributed by atoms with van der Waals surface area (Å²) in [6.45, 7) is 9.83. The van der Waals surface area contributed by atoms with Gasteiger partial charge in [-0.25, -0.2) is 0 Å². The summed E-state index contributed by atoms with van der Waals surface area (Å²) in [5, 5.41) is 8.02. The second kappa shape index (κ2) is 10.8. The van der Waals surface area contributed by atoms with Crippen LogP contribution >= 0.6 is 12.2 Å². The van der Waals surface area contributed by atoms with Crippen LogP contribution in [0.15, 0.2) is 24.3 Å². The number of amides is 1. The van der Waals surface area contributed by atoms with Crippen LogP contribution in [0.25, 0.3) is 0 Å². The van der Waals surface area contributed by atoms with Crippen molar-refractivity contribution in [2.75, 3.05) is 7.11 Å². The Morgan fingerprint density at radius 3 is 2.52 bits per heavy atom. The van der Waals surface area contributed by atoms with Crippen LogP contribution in [0, 0.1) is 19.8 Å². The fraction of sp³-hybridized carbons (Fsp3) is 0.476. The summed E-state index contributed by atoms with van der Waals surface area (Å²) in [5.41, 5.74) is 9.71. The third-order valence-corrected chi connectivity index (χ3v) is 4.85. The molecule has 0 fully saturated rings. The van der Waals surface area contributed by atoms with Gasteiger partial charge in [-0.2, -0.15) is 5.10 Å². The number of rotatable bonds is 8. The Kier molecular flexibility index (Phi) is 8.45. The van der Waals surface area contributed by atoms with Crippen molar-refractivity contribution in [2.45, 2.75) is 53.6 Å². The van der Waals surface area contributed by atoms with Gasteiger partial charge in [0.25, 0.3) is 0 Å². The Morgan fingerprint density at radius 1 is 1.21 bits per heavy atom. The van der Waals surface area contributed by atoms with Crippen LogP contribution in [0.3, 0.4) is 0 Å². The fourth-order valence-electron chi connectivity index (χ4n) is 3.02. The molecule has 1 heterocycles. The summed E-state index contributed by atoms with van der Waals surface area (Å²) in [4.78, 5) is 12.2. The van der Waals surface area contributed by atoms with Gasteiger partial charge >= 0.3 is 0 Å². The highest BCUT2D eigenvalue weighted by Crippen LogP contribution is 2.16. The molecule has 0 aliphatic carbocycles. The zero-order valence-corrected chi connectivity index (χ0v) is 18.7. The minimum Gasteiger partial charge on any atom is -0.497 e. The number of methoxy groups -OCH3 is 1. The van der Waals surface area contributed by atoms with Crippen molar-refractivity contribution in [1.29, 1.82) is 0 Å². The van der Waals surface area contributed by atoms with Crippen LogP contribution in [0.4, 0.5) is 0 Å². The van der Waals surface area contributed by atoms with Crippen molar-refractivity contribution < 1.29 is 9.53 Å². The van der Waals surface area contributed by atoms with E-state index in [0.717, 1.165) is 34.8 Å². The number of carbonyl (C=O) groups excluding carboxylic acids is 1. The first kappa shape index (κ1) is 22.7. The maximum Gasteiger partial charge on any atom is 0.238 e. The summed E-state index contributed by atoms with van der Waals surface area (Å²) in [7, 11) is 1.63. The molecule has 0 saturated carbocycles.